The van der Waals surface area contributed by atoms with E-state index in [1.165, 1.54) is 0 Å². The van der Waals surface area contributed by atoms with Crippen molar-refractivity contribution in [3.8, 4) is 11.5 Å². The van der Waals surface area contributed by atoms with E-state index in [2.05, 4.69) is 0 Å². The van der Waals surface area contributed by atoms with Crippen molar-refractivity contribution in [3.63, 3.8) is 0 Å². The lowest BCUT2D eigenvalue weighted by Crippen LogP contribution is -2.05. The first-order chi connectivity index (χ1) is 6.13. The van der Waals surface area contributed by atoms with Gasteiger partial charge in [0.2, 0.25) is 0 Å². The molecular weight excluding hydrogens is 184 g/mol. The van der Waals surface area contributed by atoms with Crippen molar-refractivity contribution in [2.75, 3.05) is 6.26 Å². The Morgan fingerprint density at radius 3 is 2.62 bits per heavy atom. The summed E-state index contributed by atoms with van der Waals surface area (Å²) in [6, 6.07) is 5.37. The smallest absolute Gasteiger partial charge is 0.162 e. The second-order valence-electron chi connectivity index (χ2n) is 3.00. The van der Waals surface area contributed by atoms with Gasteiger partial charge in [-0.15, -0.1) is 11.8 Å². The van der Waals surface area contributed by atoms with Crippen molar-refractivity contribution >= 4 is 11.8 Å². The summed E-state index contributed by atoms with van der Waals surface area (Å²) in [6.07, 6.45) is 2.08. The summed E-state index contributed by atoms with van der Waals surface area (Å²) in [4.78, 5) is 1.09. The van der Waals surface area contributed by atoms with Crippen LogP contribution < -0.4 is 4.74 Å². The Labute approximate surface area is 82.9 Å². The minimum atomic E-state index is 0.0861. The van der Waals surface area contributed by atoms with Crippen LogP contribution in [0.4, 0.5) is 0 Å². The standard InChI is InChI=1S/C10H14O2S/c1-7(2)12-10-6-8(13-3)4-5-9(10)11/h4-7,11H,1-3H3. The molecule has 0 aliphatic heterocycles. The molecule has 0 saturated carbocycles. The minimum Gasteiger partial charge on any atom is -0.504 e. The van der Waals surface area contributed by atoms with Crippen LogP contribution in [-0.4, -0.2) is 17.5 Å². The van der Waals surface area contributed by atoms with E-state index in [0.29, 0.717) is 5.75 Å². The summed E-state index contributed by atoms with van der Waals surface area (Å²) >= 11 is 1.63. The van der Waals surface area contributed by atoms with Crippen LogP contribution in [0.5, 0.6) is 11.5 Å². The predicted octanol–water partition coefficient (Wildman–Crippen LogP) is 2.90. The first-order valence-corrected chi connectivity index (χ1v) is 5.39. The van der Waals surface area contributed by atoms with Gasteiger partial charge >= 0.3 is 0 Å². The molecule has 2 nitrogen and oxygen atoms in total. The second kappa shape index (κ2) is 4.42. The summed E-state index contributed by atoms with van der Waals surface area (Å²) < 4.78 is 5.42. The molecule has 0 aromatic heterocycles. The van der Waals surface area contributed by atoms with Gasteiger partial charge in [-0.05, 0) is 38.3 Å². The minimum absolute atomic E-state index is 0.0861. The average molecular weight is 198 g/mol. The maximum Gasteiger partial charge on any atom is 0.162 e. The quantitative estimate of drug-likeness (QED) is 0.757. The van der Waals surface area contributed by atoms with Crippen LogP contribution in [0.25, 0.3) is 0 Å². The first kappa shape index (κ1) is 10.3. The molecule has 0 fully saturated rings. The third kappa shape index (κ3) is 2.84. The van der Waals surface area contributed by atoms with Gasteiger partial charge in [0.15, 0.2) is 11.5 Å². The molecule has 0 spiro atoms. The molecular formula is C10H14O2S. The fraction of sp³-hybridized carbons (Fsp3) is 0.400. The van der Waals surface area contributed by atoms with E-state index in [-0.39, 0.29) is 11.9 Å². The molecule has 1 aromatic rings. The van der Waals surface area contributed by atoms with Crippen LogP contribution in [0.1, 0.15) is 13.8 Å². The van der Waals surface area contributed by atoms with E-state index < -0.39 is 0 Å². The fourth-order valence-corrected chi connectivity index (χ4v) is 1.40. The van der Waals surface area contributed by atoms with Crippen LogP contribution in [0.15, 0.2) is 23.1 Å². The maximum absolute atomic E-state index is 9.45. The molecule has 0 unspecified atom stereocenters. The van der Waals surface area contributed by atoms with Crippen LogP contribution >= 0.6 is 11.8 Å². The number of hydrogen-bond donors (Lipinski definition) is 1. The van der Waals surface area contributed by atoms with Crippen LogP contribution in [-0.2, 0) is 0 Å². The zero-order chi connectivity index (χ0) is 9.84. The van der Waals surface area contributed by atoms with E-state index in [1.54, 1.807) is 17.8 Å². The number of ether oxygens (including phenoxy) is 1. The van der Waals surface area contributed by atoms with Crippen molar-refractivity contribution in [2.45, 2.75) is 24.8 Å². The summed E-state index contributed by atoms with van der Waals surface area (Å²) in [7, 11) is 0. The highest BCUT2D eigenvalue weighted by Gasteiger charge is 2.04. The highest BCUT2D eigenvalue weighted by Crippen LogP contribution is 2.30. The first-order valence-electron chi connectivity index (χ1n) is 4.17. The summed E-state index contributed by atoms with van der Waals surface area (Å²) in [5.41, 5.74) is 0. The maximum atomic E-state index is 9.45. The van der Waals surface area contributed by atoms with Gasteiger partial charge in [-0.1, -0.05) is 0 Å². The molecule has 72 valence electrons. The lowest BCUT2D eigenvalue weighted by molar-refractivity contribution is 0.231. The van der Waals surface area contributed by atoms with Gasteiger partial charge in [-0.2, -0.15) is 0 Å². The number of rotatable bonds is 3. The largest absolute Gasteiger partial charge is 0.504 e. The molecule has 0 aliphatic rings. The third-order valence-corrected chi connectivity index (χ3v) is 2.25. The molecule has 1 N–H and O–H groups in total. The van der Waals surface area contributed by atoms with Gasteiger partial charge < -0.3 is 9.84 Å². The van der Waals surface area contributed by atoms with Gasteiger partial charge in [0.1, 0.15) is 0 Å². The molecule has 0 aliphatic carbocycles. The van der Waals surface area contributed by atoms with Gasteiger partial charge in [0.25, 0.3) is 0 Å². The average Bonchev–Trinajstić information content (AvgIpc) is 2.08. The van der Waals surface area contributed by atoms with Crippen LogP contribution in [0, 0.1) is 0 Å². The third-order valence-electron chi connectivity index (χ3n) is 1.53. The fourth-order valence-electron chi connectivity index (χ4n) is 0.970. The molecule has 0 amide bonds. The number of thioether (sulfide) groups is 1. The van der Waals surface area contributed by atoms with Crippen molar-refractivity contribution in [2.24, 2.45) is 0 Å². The zero-order valence-corrected chi connectivity index (χ0v) is 8.89. The summed E-state index contributed by atoms with van der Waals surface area (Å²) in [6.45, 7) is 3.87. The van der Waals surface area contributed by atoms with Gasteiger partial charge in [0, 0.05) is 4.90 Å². The normalized spacial score (nSPS) is 10.5. The summed E-state index contributed by atoms with van der Waals surface area (Å²) in [5, 5.41) is 9.45. The van der Waals surface area contributed by atoms with E-state index in [1.807, 2.05) is 32.2 Å². The summed E-state index contributed by atoms with van der Waals surface area (Å²) in [5.74, 6) is 0.758. The van der Waals surface area contributed by atoms with E-state index in [4.69, 9.17) is 4.74 Å². The molecule has 3 heteroatoms. The van der Waals surface area contributed by atoms with Crippen molar-refractivity contribution in [1.82, 2.24) is 0 Å². The van der Waals surface area contributed by atoms with Crippen molar-refractivity contribution in [3.05, 3.63) is 18.2 Å². The molecule has 0 atom stereocenters. The molecule has 0 bridgehead atoms. The second-order valence-corrected chi connectivity index (χ2v) is 3.88. The van der Waals surface area contributed by atoms with Crippen molar-refractivity contribution in [1.29, 1.82) is 0 Å². The van der Waals surface area contributed by atoms with Gasteiger partial charge in [-0.25, -0.2) is 0 Å². The number of benzene rings is 1. The Bertz CT molecular complexity index is 284. The predicted molar refractivity (Wildman–Crippen MR) is 55.7 cm³/mol. The topological polar surface area (TPSA) is 29.5 Å². The molecule has 13 heavy (non-hydrogen) atoms. The SMILES string of the molecule is CSc1ccc(O)c(OC(C)C)c1. The lowest BCUT2D eigenvalue weighted by atomic mass is 10.3. The molecule has 1 aromatic carbocycles. The Balaban J connectivity index is 2.90. The monoisotopic (exact) mass is 198 g/mol. The number of hydrogen-bond acceptors (Lipinski definition) is 3. The van der Waals surface area contributed by atoms with Crippen LogP contribution in [0.2, 0.25) is 0 Å². The number of phenolic OH excluding ortho intramolecular Hbond substituents is 1. The molecule has 0 heterocycles. The van der Waals surface area contributed by atoms with Crippen molar-refractivity contribution < 1.29 is 9.84 Å². The van der Waals surface area contributed by atoms with Gasteiger partial charge in [0.05, 0.1) is 6.10 Å². The molecule has 0 saturated heterocycles. The number of phenols is 1. The van der Waals surface area contributed by atoms with Crippen LogP contribution in [0.3, 0.4) is 0 Å². The Hall–Kier alpha value is -0.830. The highest BCUT2D eigenvalue weighted by molar-refractivity contribution is 7.98. The Morgan fingerprint density at radius 1 is 1.38 bits per heavy atom. The van der Waals surface area contributed by atoms with E-state index in [0.717, 1.165) is 4.90 Å². The van der Waals surface area contributed by atoms with E-state index in [9.17, 15) is 5.11 Å². The molecule has 0 radical (unpaired) electrons. The molecule has 1 rings (SSSR count). The zero-order valence-electron chi connectivity index (χ0n) is 8.07. The Kier molecular flexibility index (Phi) is 3.48. The highest BCUT2D eigenvalue weighted by atomic mass is 32.2. The van der Waals surface area contributed by atoms with Gasteiger partial charge in [-0.3, -0.25) is 0 Å². The van der Waals surface area contributed by atoms with E-state index >= 15 is 0 Å². The Morgan fingerprint density at radius 2 is 2.08 bits per heavy atom. The number of aromatic hydroxyl groups is 1. The lowest BCUT2D eigenvalue weighted by Gasteiger charge is -2.11.